The van der Waals surface area contributed by atoms with Gasteiger partial charge in [0.15, 0.2) is 0 Å². The van der Waals surface area contributed by atoms with Gasteiger partial charge in [0.05, 0.1) is 10.6 Å². The van der Waals surface area contributed by atoms with E-state index in [4.69, 9.17) is 0 Å². The van der Waals surface area contributed by atoms with Gasteiger partial charge in [-0.3, -0.25) is 19.6 Å². The van der Waals surface area contributed by atoms with Gasteiger partial charge < -0.3 is 0 Å². The number of benzene rings is 1. The summed E-state index contributed by atoms with van der Waals surface area (Å²) < 4.78 is 2.29. The topological polar surface area (TPSA) is 102 Å². The van der Waals surface area contributed by atoms with Gasteiger partial charge in [-0.15, -0.1) is 0 Å². The summed E-state index contributed by atoms with van der Waals surface area (Å²) in [6.45, 7) is 6.51. The van der Waals surface area contributed by atoms with Gasteiger partial charge in [-0.05, 0) is 45.4 Å². The highest BCUT2D eigenvalue weighted by Gasteiger charge is 2.26. The standard InChI is InChI=1S/C16H18BrN5O3/c1-9(13-5-7-14(17)8-6-13)18-19-16(23)12(4)21-11(3)15(22(24)25)10(2)20-21/h5-8,12H,1-4H3,(H,19,23)/b18-9+. The lowest BCUT2D eigenvalue weighted by molar-refractivity contribution is -0.386. The molecule has 1 atom stereocenters. The highest BCUT2D eigenvalue weighted by Crippen LogP contribution is 2.24. The van der Waals surface area contributed by atoms with Gasteiger partial charge in [-0.2, -0.15) is 10.2 Å². The Kier molecular flexibility index (Phi) is 5.68. The fourth-order valence-electron chi connectivity index (χ4n) is 2.39. The lowest BCUT2D eigenvalue weighted by Crippen LogP contribution is -2.29. The van der Waals surface area contributed by atoms with E-state index < -0.39 is 16.9 Å². The zero-order valence-corrected chi connectivity index (χ0v) is 15.9. The second kappa shape index (κ2) is 7.56. The molecule has 1 heterocycles. The maximum atomic E-state index is 12.3. The van der Waals surface area contributed by atoms with Crippen molar-refractivity contribution in [3.63, 3.8) is 0 Å². The fourth-order valence-corrected chi connectivity index (χ4v) is 2.66. The van der Waals surface area contributed by atoms with E-state index in [1.807, 2.05) is 24.3 Å². The summed E-state index contributed by atoms with van der Waals surface area (Å²) in [6.07, 6.45) is 0. The Morgan fingerprint density at radius 3 is 2.48 bits per heavy atom. The fraction of sp³-hybridized carbons (Fsp3) is 0.312. The number of halogens is 1. The van der Waals surface area contributed by atoms with Crippen molar-refractivity contribution in [2.45, 2.75) is 33.7 Å². The quantitative estimate of drug-likeness (QED) is 0.466. The zero-order valence-electron chi connectivity index (χ0n) is 14.3. The van der Waals surface area contributed by atoms with Crippen molar-refractivity contribution in [2.24, 2.45) is 5.10 Å². The number of hydrazone groups is 1. The minimum atomic E-state index is -0.728. The van der Waals surface area contributed by atoms with Crippen molar-refractivity contribution in [2.75, 3.05) is 0 Å². The van der Waals surface area contributed by atoms with Crippen LogP contribution >= 0.6 is 15.9 Å². The molecule has 9 heteroatoms. The van der Waals surface area contributed by atoms with Gasteiger partial charge in [0.25, 0.3) is 5.91 Å². The molecule has 1 amide bonds. The van der Waals surface area contributed by atoms with Crippen molar-refractivity contribution in [3.8, 4) is 0 Å². The number of amides is 1. The highest BCUT2D eigenvalue weighted by molar-refractivity contribution is 9.10. The Morgan fingerprint density at radius 2 is 1.96 bits per heavy atom. The SMILES string of the molecule is C/C(=N\NC(=O)C(C)n1nc(C)c([N+](=O)[O-])c1C)c1ccc(Br)cc1. The third kappa shape index (κ3) is 4.11. The molecule has 0 saturated heterocycles. The first-order chi connectivity index (χ1) is 11.7. The van der Waals surface area contributed by atoms with Crippen LogP contribution in [0.15, 0.2) is 33.8 Å². The Balaban J connectivity index is 2.15. The van der Waals surface area contributed by atoms with Crippen LogP contribution in [-0.4, -0.2) is 26.3 Å². The van der Waals surface area contributed by atoms with Crippen LogP contribution in [0.25, 0.3) is 0 Å². The molecule has 0 bridgehead atoms. The molecule has 8 nitrogen and oxygen atoms in total. The molecule has 2 rings (SSSR count). The van der Waals surface area contributed by atoms with E-state index in [9.17, 15) is 14.9 Å². The summed E-state index contributed by atoms with van der Waals surface area (Å²) in [6, 6.07) is 6.79. The van der Waals surface area contributed by atoms with Crippen molar-refractivity contribution in [3.05, 3.63) is 55.8 Å². The predicted octanol–water partition coefficient (Wildman–Crippen LogP) is 3.27. The maximum absolute atomic E-state index is 12.3. The number of hydrogen-bond acceptors (Lipinski definition) is 5. The number of aryl methyl sites for hydroxylation is 1. The molecular weight excluding hydrogens is 390 g/mol. The van der Waals surface area contributed by atoms with E-state index in [0.717, 1.165) is 10.0 Å². The first-order valence-corrected chi connectivity index (χ1v) is 8.31. The summed E-state index contributed by atoms with van der Waals surface area (Å²) in [5, 5.41) is 19.3. The molecule has 0 aliphatic heterocycles. The normalized spacial score (nSPS) is 12.8. The summed E-state index contributed by atoms with van der Waals surface area (Å²) in [5.74, 6) is -0.406. The van der Waals surface area contributed by atoms with Crippen molar-refractivity contribution in [1.29, 1.82) is 0 Å². The minimum Gasteiger partial charge on any atom is -0.271 e. The molecule has 0 aliphatic rings. The highest BCUT2D eigenvalue weighted by atomic mass is 79.9. The van der Waals surface area contributed by atoms with E-state index in [-0.39, 0.29) is 11.4 Å². The summed E-state index contributed by atoms with van der Waals surface area (Å²) in [4.78, 5) is 22.9. The van der Waals surface area contributed by atoms with E-state index in [2.05, 4.69) is 31.6 Å². The number of nitrogens with one attached hydrogen (secondary N) is 1. The molecule has 1 aromatic carbocycles. The van der Waals surface area contributed by atoms with Crippen molar-refractivity contribution < 1.29 is 9.72 Å². The number of nitrogens with zero attached hydrogens (tertiary/aromatic N) is 4. The number of carbonyl (C=O) groups excluding carboxylic acids is 1. The Morgan fingerprint density at radius 1 is 1.36 bits per heavy atom. The van der Waals surface area contributed by atoms with Gasteiger partial charge in [-0.25, -0.2) is 5.43 Å². The molecule has 0 aliphatic carbocycles. The van der Waals surface area contributed by atoms with Crippen molar-refractivity contribution >= 4 is 33.2 Å². The minimum absolute atomic E-state index is 0.0748. The molecule has 2 aromatic rings. The smallest absolute Gasteiger partial charge is 0.271 e. The second-order valence-electron chi connectivity index (χ2n) is 5.58. The summed E-state index contributed by atoms with van der Waals surface area (Å²) in [5.41, 5.74) is 4.54. The third-order valence-corrected chi connectivity index (χ3v) is 4.34. The van der Waals surface area contributed by atoms with Gasteiger partial charge >= 0.3 is 5.69 Å². The number of hydrogen-bond donors (Lipinski definition) is 1. The number of nitro groups is 1. The molecule has 132 valence electrons. The summed E-state index contributed by atoms with van der Waals surface area (Å²) >= 11 is 3.36. The van der Waals surface area contributed by atoms with Crippen molar-refractivity contribution in [1.82, 2.24) is 15.2 Å². The largest absolute Gasteiger partial charge is 0.312 e. The third-order valence-electron chi connectivity index (χ3n) is 3.81. The van der Waals surface area contributed by atoms with Crippen LogP contribution in [0.3, 0.4) is 0 Å². The van der Waals surface area contributed by atoms with Crippen LogP contribution in [0.1, 0.15) is 36.8 Å². The summed E-state index contributed by atoms with van der Waals surface area (Å²) in [7, 11) is 0. The van der Waals surface area contributed by atoms with Gasteiger partial charge in [-0.1, -0.05) is 28.1 Å². The Hall–Kier alpha value is -2.55. The predicted molar refractivity (Wildman–Crippen MR) is 97.6 cm³/mol. The molecule has 1 aromatic heterocycles. The Labute approximate surface area is 153 Å². The first-order valence-electron chi connectivity index (χ1n) is 7.52. The van der Waals surface area contributed by atoms with E-state index in [1.54, 1.807) is 27.7 Å². The van der Waals surface area contributed by atoms with Crippen LogP contribution in [0.4, 0.5) is 5.69 Å². The molecule has 1 N–H and O–H groups in total. The van der Waals surface area contributed by atoms with Crippen LogP contribution < -0.4 is 5.43 Å². The first kappa shape index (κ1) is 18.8. The average Bonchev–Trinajstić information content (AvgIpc) is 2.86. The molecule has 0 saturated carbocycles. The monoisotopic (exact) mass is 407 g/mol. The van der Waals surface area contributed by atoms with Crippen LogP contribution in [-0.2, 0) is 4.79 Å². The lowest BCUT2D eigenvalue weighted by atomic mass is 10.1. The molecule has 0 radical (unpaired) electrons. The van der Waals surface area contributed by atoms with E-state index >= 15 is 0 Å². The van der Waals surface area contributed by atoms with Gasteiger partial charge in [0, 0.05) is 4.47 Å². The molecule has 1 unspecified atom stereocenters. The van der Waals surface area contributed by atoms with E-state index in [1.165, 1.54) is 4.68 Å². The zero-order chi connectivity index (χ0) is 18.7. The number of rotatable bonds is 5. The Bertz CT molecular complexity index is 842. The number of aromatic nitrogens is 2. The molecule has 0 fully saturated rings. The average molecular weight is 408 g/mol. The van der Waals surface area contributed by atoms with Crippen LogP contribution in [0.5, 0.6) is 0 Å². The molecular formula is C16H18BrN5O3. The maximum Gasteiger partial charge on any atom is 0.312 e. The lowest BCUT2D eigenvalue weighted by Gasteiger charge is -2.12. The molecule has 25 heavy (non-hydrogen) atoms. The van der Waals surface area contributed by atoms with Gasteiger partial charge in [0.2, 0.25) is 0 Å². The van der Waals surface area contributed by atoms with E-state index in [0.29, 0.717) is 11.4 Å². The van der Waals surface area contributed by atoms with Crippen LogP contribution in [0.2, 0.25) is 0 Å². The number of carbonyl (C=O) groups is 1. The van der Waals surface area contributed by atoms with Crippen LogP contribution in [0, 0.1) is 24.0 Å². The molecule has 0 spiro atoms. The second-order valence-corrected chi connectivity index (χ2v) is 6.49. The van der Waals surface area contributed by atoms with Gasteiger partial charge in [0.1, 0.15) is 17.4 Å².